The van der Waals surface area contributed by atoms with Gasteiger partial charge in [0, 0.05) is 24.0 Å². The highest BCUT2D eigenvalue weighted by Crippen LogP contribution is 2.31. The number of amides is 1. The minimum absolute atomic E-state index is 0.174. The van der Waals surface area contributed by atoms with E-state index in [0.29, 0.717) is 17.7 Å². The second-order valence-electron chi connectivity index (χ2n) is 5.00. The molecule has 0 bridgehead atoms. The molecule has 2 rings (SSSR count). The van der Waals surface area contributed by atoms with Gasteiger partial charge in [0.2, 0.25) is 5.91 Å². The minimum atomic E-state index is 0.174. The number of aromatic amines is 1. The van der Waals surface area contributed by atoms with Crippen LogP contribution in [-0.2, 0) is 11.2 Å². The van der Waals surface area contributed by atoms with Crippen LogP contribution in [0.25, 0.3) is 0 Å². The van der Waals surface area contributed by atoms with Crippen molar-refractivity contribution in [2.24, 2.45) is 0 Å². The Balaban J connectivity index is 1.96. The van der Waals surface area contributed by atoms with Crippen molar-refractivity contribution in [2.75, 3.05) is 13.3 Å². The molecule has 1 heterocycles. The van der Waals surface area contributed by atoms with Gasteiger partial charge in [0.05, 0.1) is 12.1 Å². The molecule has 1 aromatic rings. The summed E-state index contributed by atoms with van der Waals surface area (Å²) >= 11 is 1.88. The highest BCUT2D eigenvalue weighted by molar-refractivity contribution is 7.99. The van der Waals surface area contributed by atoms with Gasteiger partial charge in [-0.2, -0.15) is 16.9 Å². The molecule has 1 aromatic heterocycles. The highest BCUT2D eigenvalue weighted by atomic mass is 32.2. The van der Waals surface area contributed by atoms with E-state index in [0.717, 1.165) is 17.8 Å². The number of H-pyrrole nitrogens is 1. The van der Waals surface area contributed by atoms with Gasteiger partial charge in [0.1, 0.15) is 0 Å². The fraction of sp³-hybridized carbons (Fsp3) is 0.692. The van der Waals surface area contributed by atoms with Crippen LogP contribution in [0.4, 0.5) is 0 Å². The molecule has 1 aliphatic carbocycles. The Morgan fingerprint density at radius 1 is 1.61 bits per heavy atom. The van der Waals surface area contributed by atoms with Crippen molar-refractivity contribution in [3.05, 3.63) is 17.5 Å². The number of thioether (sulfide) groups is 1. The van der Waals surface area contributed by atoms with E-state index < -0.39 is 0 Å². The second-order valence-corrected chi connectivity index (χ2v) is 6.07. The largest absolute Gasteiger partial charge is 0.341 e. The summed E-state index contributed by atoms with van der Waals surface area (Å²) in [4.78, 5) is 14.2. The Morgan fingerprint density at radius 2 is 2.39 bits per heavy atom. The average molecular weight is 267 g/mol. The molecule has 0 spiro atoms. The number of carbonyl (C=O) groups is 1. The molecule has 1 fully saturated rings. The summed E-state index contributed by atoms with van der Waals surface area (Å²) in [6, 6.07) is 2.33. The van der Waals surface area contributed by atoms with Gasteiger partial charge in [0.15, 0.2) is 0 Å². The Hall–Kier alpha value is -0.970. The maximum Gasteiger partial charge on any atom is 0.228 e. The monoisotopic (exact) mass is 267 g/mol. The summed E-state index contributed by atoms with van der Waals surface area (Å²) in [5, 5.41) is 7.60. The van der Waals surface area contributed by atoms with E-state index in [9.17, 15) is 4.79 Å². The molecule has 4 nitrogen and oxygen atoms in total. The molecule has 1 N–H and O–H groups in total. The van der Waals surface area contributed by atoms with Crippen LogP contribution in [0, 0.1) is 6.92 Å². The third-order valence-corrected chi connectivity index (χ3v) is 4.86. The first-order valence-electron chi connectivity index (χ1n) is 6.41. The molecule has 100 valence electrons. The van der Waals surface area contributed by atoms with Crippen LogP contribution in [0.1, 0.15) is 30.7 Å². The lowest BCUT2D eigenvalue weighted by molar-refractivity contribution is -0.131. The van der Waals surface area contributed by atoms with Crippen LogP contribution in [-0.4, -0.2) is 45.6 Å². The quantitative estimate of drug-likeness (QED) is 0.908. The van der Waals surface area contributed by atoms with E-state index >= 15 is 0 Å². The Morgan fingerprint density at radius 3 is 3.00 bits per heavy atom. The standard InChI is InChI=1S/C13H21N3OS/c1-9-7-10(15-14-9)8-13(17)16(2)11-5-4-6-12(11)18-3/h7,11-12H,4-6,8H2,1-3H3,(H,14,15)/t11-,12+/m0/s1. The predicted octanol–water partition coefficient (Wildman–Crippen LogP) is 2.00. The third-order valence-electron chi connectivity index (χ3n) is 3.70. The molecule has 0 aliphatic heterocycles. The van der Waals surface area contributed by atoms with Crippen molar-refractivity contribution in [1.82, 2.24) is 15.1 Å². The van der Waals surface area contributed by atoms with E-state index in [1.807, 2.05) is 36.7 Å². The first-order valence-corrected chi connectivity index (χ1v) is 7.70. The van der Waals surface area contributed by atoms with Gasteiger partial charge in [0.25, 0.3) is 0 Å². The third kappa shape index (κ3) is 2.88. The number of aromatic nitrogens is 2. The number of hydrogen-bond acceptors (Lipinski definition) is 3. The van der Waals surface area contributed by atoms with E-state index in [1.54, 1.807) is 0 Å². The topological polar surface area (TPSA) is 49.0 Å². The maximum absolute atomic E-state index is 12.2. The van der Waals surface area contributed by atoms with Gasteiger partial charge < -0.3 is 4.90 Å². The molecule has 0 unspecified atom stereocenters. The number of nitrogens with zero attached hydrogens (tertiary/aromatic N) is 2. The summed E-state index contributed by atoms with van der Waals surface area (Å²) in [5.74, 6) is 0.174. The number of likely N-dealkylation sites (N-methyl/N-ethyl adjacent to an activating group) is 1. The average Bonchev–Trinajstić information content (AvgIpc) is 2.96. The van der Waals surface area contributed by atoms with Crippen molar-refractivity contribution in [1.29, 1.82) is 0 Å². The zero-order chi connectivity index (χ0) is 13.1. The zero-order valence-corrected chi connectivity index (χ0v) is 12.1. The molecule has 5 heteroatoms. The second kappa shape index (κ2) is 5.78. The summed E-state index contributed by atoms with van der Waals surface area (Å²) in [6.45, 7) is 1.95. The van der Waals surface area contributed by atoms with Crippen LogP contribution >= 0.6 is 11.8 Å². The van der Waals surface area contributed by atoms with Crippen molar-refractivity contribution >= 4 is 17.7 Å². The van der Waals surface area contributed by atoms with Crippen molar-refractivity contribution in [3.8, 4) is 0 Å². The van der Waals surface area contributed by atoms with E-state index in [4.69, 9.17) is 0 Å². The van der Waals surface area contributed by atoms with E-state index in [2.05, 4.69) is 16.5 Å². The Bertz CT molecular complexity index is 418. The Labute approximate surface area is 113 Å². The van der Waals surface area contributed by atoms with E-state index in [-0.39, 0.29) is 5.91 Å². The lowest BCUT2D eigenvalue weighted by Crippen LogP contribution is -2.41. The summed E-state index contributed by atoms with van der Waals surface area (Å²) < 4.78 is 0. The van der Waals surface area contributed by atoms with E-state index in [1.165, 1.54) is 12.8 Å². The van der Waals surface area contributed by atoms with Crippen LogP contribution in [0.2, 0.25) is 0 Å². The Kier molecular flexibility index (Phi) is 4.32. The molecule has 0 saturated heterocycles. The molecule has 1 amide bonds. The fourth-order valence-electron chi connectivity index (χ4n) is 2.65. The number of rotatable bonds is 4. The fourth-order valence-corrected chi connectivity index (χ4v) is 3.69. The molecule has 18 heavy (non-hydrogen) atoms. The molecule has 1 aliphatic rings. The summed E-state index contributed by atoms with van der Waals surface area (Å²) in [5.41, 5.74) is 1.84. The van der Waals surface area contributed by atoms with Crippen LogP contribution in [0.5, 0.6) is 0 Å². The van der Waals surface area contributed by atoms with Crippen LogP contribution in [0.3, 0.4) is 0 Å². The lowest BCUT2D eigenvalue weighted by atomic mass is 10.2. The van der Waals surface area contributed by atoms with Crippen LogP contribution in [0.15, 0.2) is 6.07 Å². The number of nitrogens with one attached hydrogen (secondary N) is 1. The smallest absolute Gasteiger partial charge is 0.228 e. The molecular weight excluding hydrogens is 246 g/mol. The lowest BCUT2D eigenvalue weighted by Gasteiger charge is -2.28. The number of aryl methyl sites for hydroxylation is 1. The first kappa shape index (κ1) is 13.5. The number of hydrogen-bond donors (Lipinski definition) is 1. The van der Waals surface area contributed by atoms with Gasteiger partial charge in [-0.1, -0.05) is 6.42 Å². The normalized spacial score (nSPS) is 23.3. The zero-order valence-electron chi connectivity index (χ0n) is 11.3. The molecule has 1 saturated carbocycles. The summed E-state index contributed by atoms with van der Waals surface area (Å²) in [7, 11) is 1.93. The van der Waals surface area contributed by atoms with Gasteiger partial charge in [-0.3, -0.25) is 9.89 Å². The van der Waals surface area contributed by atoms with Gasteiger partial charge in [-0.25, -0.2) is 0 Å². The minimum Gasteiger partial charge on any atom is -0.341 e. The molecular formula is C13H21N3OS. The van der Waals surface area contributed by atoms with Crippen molar-refractivity contribution in [3.63, 3.8) is 0 Å². The maximum atomic E-state index is 12.2. The first-order chi connectivity index (χ1) is 8.61. The van der Waals surface area contributed by atoms with Crippen molar-refractivity contribution < 1.29 is 4.79 Å². The van der Waals surface area contributed by atoms with Crippen LogP contribution < -0.4 is 0 Å². The number of carbonyl (C=O) groups excluding carboxylic acids is 1. The van der Waals surface area contributed by atoms with Gasteiger partial charge in [-0.15, -0.1) is 0 Å². The summed E-state index contributed by atoms with van der Waals surface area (Å²) in [6.07, 6.45) is 6.13. The SMILES string of the molecule is CS[C@@H]1CCC[C@@H]1N(C)C(=O)Cc1cc(C)[nH]n1. The molecule has 0 aromatic carbocycles. The van der Waals surface area contributed by atoms with Crippen molar-refractivity contribution in [2.45, 2.75) is 43.9 Å². The predicted molar refractivity (Wildman–Crippen MR) is 74.7 cm³/mol. The highest BCUT2D eigenvalue weighted by Gasteiger charge is 2.32. The molecule has 0 radical (unpaired) electrons. The van der Waals surface area contributed by atoms with Gasteiger partial charge in [-0.05, 0) is 32.1 Å². The van der Waals surface area contributed by atoms with Gasteiger partial charge >= 0.3 is 0 Å². The molecule has 2 atom stereocenters.